The van der Waals surface area contributed by atoms with Gasteiger partial charge in [-0.2, -0.15) is 0 Å². The minimum atomic E-state index is -0.578. The lowest BCUT2D eigenvalue weighted by molar-refractivity contribution is 0.0624. The Kier molecular flexibility index (Phi) is 3.52. The van der Waals surface area contributed by atoms with Gasteiger partial charge in [0.15, 0.2) is 5.75 Å². The molecule has 3 heterocycles. The lowest BCUT2D eigenvalue weighted by Gasteiger charge is -2.43. The van der Waals surface area contributed by atoms with Crippen molar-refractivity contribution in [2.45, 2.75) is 18.4 Å². The van der Waals surface area contributed by atoms with Crippen LogP contribution in [0.2, 0.25) is 0 Å². The van der Waals surface area contributed by atoms with Gasteiger partial charge in [-0.05, 0) is 37.1 Å². The molecule has 1 spiro atoms. The van der Waals surface area contributed by atoms with Gasteiger partial charge in [-0.3, -0.25) is 4.79 Å². The third-order valence-electron chi connectivity index (χ3n) is 5.83. The number of piperazine rings is 1. The molecule has 2 aromatic heterocycles. The third kappa shape index (κ3) is 2.48. The Labute approximate surface area is 160 Å². The maximum absolute atomic E-state index is 13.8. The van der Waals surface area contributed by atoms with Gasteiger partial charge in [0, 0.05) is 36.8 Å². The first-order chi connectivity index (χ1) is 13.5. The molecule has 1 saturated heterocycles. The second-order valence-electron chi connectivity index (χ2n) is 7.57. The summed E-state index contributed by atoms with van der Waals surface area (Å²) in [5.41, 5.74) is 7.04. The minimum Gasteiger partial charge on any atom is -0.504 e. The molecule has 0 bridgehead atoms. The third-order valence-corrected chi connectivity index (χ3v) is 5.83. The molecule has 0 atom stereocenters. The van der Waals surface area contributed by atoms with E-state index in [0.29, 0.717) is 30.8 Å². The van der Waals surface area contributed by atoms with Crippen molar-refractivity contribution < 1.29 is 14.3 Å². The normalized spacial score (nSPS) is 18.0. The summed E-state index contributed by atoms with van der Waals surface area (Å²) in [7, 11) is 0. The smallest absolute Gasteiger partial charge is 0.254 e. The highest BCUT2D eigenvalue weighted by Crippen LogP contribution is 2.47. The van der Waals surface area contributed by atoms with Crippen LogP contribution in [-0.2, 0) is 0 Å². The van der Waals surface area contributed by atoms with E-state index in [2.05, 4.69) is 14.9 Å². The van der Waals surface area contributed by atoms with Crippen molar-refractivity contribution in [3.05, 3.63) is 48.0 Å². The molecule has 2 aliphatic rings. The lowest BCUT2D eigenvalue weighted by atomic mass is 10.1. The summed E-state index contributed by atoms with van der Waals surface area (Å²) in [5.74, 6) is -0.629. The Bertz CT molecular complexity index is 1090. The number of carbonyl (C=O) groups is 1. The first kappa shape index (κ1) is 16.9. The minimum absolute atomic E-state index is 0.0335. The number of aromatic hydroxyl groups is 1. The molecular weight excluding hydrogens is 361 g/mol. The molecule has 7 nitrogen and oxygen atoms in total. The van der Waals surface area contributed by atoms with Crippen LogP contribution in [-0.4, -0.2) is 51.1 Å². The highest BCUT2D eigenvalue weighted by Gasteiger charge is 2.53. The molecule has 1 aliphatic carbocycles. The van der Waals surface area contributed by atoms with Gasteiger partial charge in [0.1, 0.15) is 11.5 Å². The van der Waals surface area contributed by atoms with E-state index < -0.39 is 5.82 Å². The topological polar surface area (TPSA) is 98.5 Å². The molecule has 144 valence electrons. The van der Waals surface area contributed by atoms with Crippen LogP contribution < -0.4 is 10.6 Å². The predicted octanol–water partition coefficient (Wildman–Crippen LogP) is 2.48. The number of hydrogen-bond acceptors (Lipinski definition) is 5. The molecule has 0 radical (unpaired) electrons. The van der Waals surface area contributed by atoms with Gasteiger partial charge in [-0.15, -0.1) is 0 Å². The fraction of sp³-hybridized carbons (Fsp3) is 0.300. The Morgan fingerprint density at radius 2 is 2.11 bits per heavy atom. The summed E-state index contributed by atoms with van der Waals surface area (Å²) in [6.45, 7) is 1.69. The van der Waals surface area contributed by atoms with Gasteiger partial charge in [-0.1, -0.05) is 0 Å². The van der Waals surface area contributed by atoms with E-state index in [9.17, 15) is 14.3 Å². The van der Waals surface area contributed by atoms with Crippen molar-refractivity contribution in [3.63, 3.8) is 0 Å². The second kappa shape index (κ2) is 5.85. The van der Waals surface area contributed by atoms with E-state index in [4.69, 9.17) is 5.73 Å². The number of halogens is 1. The number of pyridine rings is 1. The molecule has 0 unspecified atom stereocenters. The summed E-state index contributed by atoms with van der Waals surface area (Å²) in [5, 5.41) is 11.3. The van der Waals surface area contributed by atoms with Crippen molar-refractivity contribution in [1.82, 2.24) is 14.9 Å². The number of aromatic nitrogens is 2. The monoisotopic (exact) mass is 381 g/mol. The summed E-state index contributed by atoms with van der Waals surface area (Å²) in [4.78, 5) is 24.3. The molecule has 1 aliphatic heterocycles. The Balaban J connectivity index is 1.44. The molecule has 8 heteroatoms. The molecule has 4 N–H and O–H groups in total. The number of H-pyrrole nitrogens is 1. The number of aromatic amines is 1. The number of rotatable bonds is 2. The largest absolute Gasteiger partial charge is 0.504 e. The second-order valence-corrected chi connectivity index (χ2v) is 7.57. The molecule has 1 saturated carbocycles. The number of nitrogens with zero attached hydrogens (tertiary/aromatic N) is 3. The van der Waals surface area contributed by atoms with Gasteiger partial charge in [0.05, 0.1) is 23.1 Å². The quantitative estimate of drug-likeness (QED) is 0.593. The number of carbonyl (C=O) groups excluding carboxylic acids is 1. The van der Waals surface area contributed by atoms with E-state index in [1.54, 1.807) is 12.3 Å². The Hall–Kier alpha value is -3.29. The van der Waals surface area contributed by atoms with Gasteiger partial charge in [0.2, 0.25) is 0 Å². The molecule has 5 rings (SSSR count). The Morgan fingerprint density at radius 3 is 2.86 bits per heavy atom. The van der Waals surface area contributed by atoms with Crippen molar-refractivity contribution in [3.8, 4) is 5.75 Å². The first-order valence-electron chi connectivity index (χ1n) is 9.25. The molecule has 28 heavy (non-hydrogen) atoms. The summed E-state index contributed by atoms with van der Waals surface area (Å²) in [6.07, 6.45) is 5.01. The number of anilines is 2. The zero-order chi connectivity index (χ0) is 19.5. The lowest BCUT2D eigenvalue weighted by Crippen LogP contribution is -2.57. The zero-order valence-corrected chi connectivity index (χ0v) is 15.2. The highest BCUT2D eigenvalue weighted by atomic mass is 19.1. The molecule has 3 aromatic rings. The fourth-order valence-corrected chi connectivity index (χ4v) is 4.19. The van der Waals surface area contributed by atoms with Gasteiger partial charge >= 0.3 is 0 Å². The van der Waals surface area contributed by atoms with Crippen LogP contribution in [0.4, 0.5) is 15.8 Å². The SMILES string of the molecule is Nc1ccc(C(=O)N2CCN(c3c(O)cnc4[nH]ccc34)CC23CC3)cc1F. The number of hydrogen-bond donors (Lipinski definition) is 3. The number of amides is 1. The maximum atomic E-state index is 13.8. The summed E-state index contributed by atoms with van der Waals surface area (Å²) < 4.78 is 13.8. The molecule has 1 amide bonds. The van der Waals surface area contributed by atoms with Crippen molar-refractivity contribution in [1.29, 1.82) is 0 Å². The van der Waals surface area contributed by atoms with Gasteiger partial charge in [0.25, 0.3) is 5.91 Å². The predicted molar refractivity (Wildman–Crippen MR) is 104 cm³/mol. The first-order valence-corrected chi connectivity index (χ1v) is 9.25. The molecule has 2 fully saturated rings. The van der Waals surface area contributed by atoms with Crippen molar-refractivity contribution in [2.75, 3.05) is 30.3 Å². The van der Waals surface area contributed by atoms with E-state index in [-0.39, 0.29) is 22.9 Å². The van der Waals surface area contributed by atoms with Crippen LogP contribution in [0.5, 0.6) is 5.75 Å². The van der Waals surface area contributed by atoms with Crippen LogP contribution >= 0.6 is 0 Å². The number of benzene rings is 1. The van der Waals surface area contributed by atoms with Crippen LogP contribution in [0, 0.1) is 5.82 Å². The van der Waals surface area contributed by atoms with Crippen molar-refractivity contribution >= 4 is 28.3 Å². The van der Waals surface area contributed by atoms with Crippen LogP contribution in [0.25, 0.3) is 11.0 Å². The number of nitrogen functional groups attached to an aromatic ring is 1. The van der Waals surface area contributed by atoms with Gasteiger partial charge in [-0.25, -0.2) is 9.37 Å². The average Bonchev–Trinajstić information content (AvgIpc) is 3.26. The average molecular weight is 381 g/mol. The summed E-state index contributed by atoms with van der Waals surface area (Å²) >= 11 is 0. The Morgan fingerprint density at radius 1 is 1.29 bits per heavy atom. The van der Waals surface area contributed by atoms with Crippen LogP contribution in [0.3, 0.4) is 0 Å². The van der Waals surface area contributed by atoms with E-state index in [0.717, 1.165) is 23.9 Å². The zero-order valence-electron chi connectivity index (χ0n) is 15.2. The maximum Gasteiger partial charge on any atom is 0.254 e. The molecule has 1 aromatic carbocycles. The van der Waals surface area contributed by atoms with Gasteiger partial charge < -0.3 is 25.6 Å². The van der Waals surface area contributed by atoms with Crippen LogP contribution in [0.15, 0.2) is 36.7 Å². The number of nitrogens with one attached hydrogen (secondary N) is 1. The standard InChI is InChI=1S/C20H20FN5O2/c21-14-9-12(1-2-15(14)22)19(28)26-8-7-25(11-20(26)4-5-20)17-13-3-6-23-18(13)24-10-16(17)27/h1-3,6,9-10,27H,4-5,7-8,11,22H2,(H,23,24). The highest BCUT2D eigenvalue weighted by molar-refractivity contribution is 5.96. The van der Waals surface area contributed by atoms with Crippen molar-refractivity contribution in [2.24, 2.45) is 0 Å². The van der Waals surface area contributed by atoms with E-state index in [1.807, 2.05) is 11.0 Å². The summed E-state index contributed by atoms with van der Waals surface area (Å²) in [6, 6.07) is 6.10. The number of nitrogens with two attached hydrogens (primary N) is 1. The number of fused-ring (bicyclic) bond motifs is 1. The fourth-order valence-electron chi connectivity index (χ4n) is 4.19. The van der Waals surface area contributed by atoms with Crippen LogP contribution in [0.1, 0.15) is 23.2 Å². The van der Waals surface area contributed by atoms with E-state index >= 15 is 0 Å². The van der Waals surface area contributed by atoms with E-state index in [1.165, 1.54) is 18.3 Å². The molecular formula is C20H20FN5O2.